The number of rotatable bonds is 6. The summed E-state index contributed by atoms with van der Waals surface area (Å²) in [7, 11) is 0. The first-order valence-electron chi connectivity index (χ1n) is 9.75. The second-order valence-corrected chi connectivity index (χ2v) is 7.92. The van der Waals surface area contributed by atoms with Gasteiger partial charge in [0.15, 0.2) is 0 Å². The van der Waals surface area contributed by atoms with Gasteiger partial charge >= 0.3 is 0 Å². The maximum Gasteiger partial charge on any atom is 0.293 e. The minimum Gasteiger partial charge on any atom is -0.468 e. The van der Waals surface area contributed by atoms with E-state index < -0.39 is 5.91 Å². The molecule has 1 saturated heterocycles. The molecule has 10 heteroatoms. The van der Waals surface area contributed by atoms with Crippen molar-refractivity contribution in [3.8, 4) is 0 Å². The predicted molar refractivity (Wildman–Crippen MR) is 101 cm³/mol. The van der Waals surface area contributed by atoms with Crippen molar-refractivity contribution in [2.75, 3.05) is 13.1 Å². The van der Waals surface area contributed by atoms with Crippen molar-refractivity contribution in [3.63, 3.8) is 0 Å². The Morgan fingerprint density at radius 1 is 1.41 bits per heavy atom. The molecule has 0 radical (unpaired) electrons. The first-order valence-corrected chi connectivity index (χ1v) is 9.75. The lowest BCUT2D eigenvalue weighted by molar-refractivity contribution is -0.117. The molecular formula is C19H24N6O4. The highest BCUT2D eigenvalue weighted by molar-refractivity contribution is 5.96. The van der Waals surface area contributed by atoms with Gasteiger partial charge in [0, 0.05) is 25.6 Å². The normalized spacial score (nSPS) is 23.2. The van der Waals surface area contributed by atoms with E-state index in [-0.39, 0.29) is 41.3 Å². The van der Waals surface area contributed by atoms with Crippen LogP contribution in [0.4, 0.5) is 0 Å². The summed E-state index contributed by atoms with van der Waals surface area (Å²) in [5.41, 5.74) is 5.55. The number of aromatic amines is 1. The van der Waals surface area contributed by atoms with Crippen LogP contribution in [-0.4, -0.2) is 56.9 Å². The summed E-state index contributed by atoms with van der Waals surface area (Å²) < 4.78 is 5.20. The van der Waals surface area contributed by atoms with E-state index >= 15 is 0 Å². The third-order valence-corrected chi connectivity index (χ3v) is 5.80. The van der Waals surface area contributed by atoms with Gasteiger partial charge in [0.2, 0.25) is 11.7 Å². The summed E-state index contributed by atoms with van der Waals surface area (Å²) in [4.78, 5) is 42.2. The molecule has 3 amide bonds. The number of nitrogens with one attached hydrogen (secondary N) is 2. The molecule has 4 rings (SSSR count). The fourth-order valence-corrected chi connectivity index (χ4v) is 4.32. The average Bonchev–Trinajstić information content (AvgIpc) is 3.39. The lowest BCUT2D eigenvalue weighted by atomic mass is 9.65. The summed E-state index contributed by atoms with van der Waals surface area (Å²) in [6.07, 6.45) is 4.48. The standard InChI is InChI=1S/C19H24N6O4/c1-2-15-22-16(24-23-15)18(28)25-5-4-19(10-25)8-11(9-19)21-17(27)12-3-6-29-13(12)7-14(20)26/h3,6,11H,2,4-5,7-10H2,1H3,(H2,20,26)(H,21,27)(H,22,23,24). The molecule has 0 atom stereocenters. The van der Waals surface area contributed by atoms with Crippen molar-refractivity contribution in [1.29, 1.82) is 0 Å². The number of carbonyl (C=O) groups excluding carboxylic acids is 3. The summed E-state index contributed by atoms with van der Waals surface area (Å²) in [5.74, 6) is 0.214. The van der Waals surface area contributed by atoms with Gasteiger partial charge in [-0.1, -0.05) is 6.92 Å². The molecule has 0 bridgehead atoms. The van der Waals surface area contributed by atoms with E-state index in [2.05, 4.69) is 20.5 Å². The minimum atomic E-state index is -0.551. The number of nitrogens with zero attached hydrogens (tertiary/aromatic N) is 3. The Bertz CT molecular complexity index is 942. The Balaban J connectivity index is 1.31. The van der Waals surface area contributed by atoms with E-state index in [0.29, 0.717) is 30.9 Å². The number of hydrogen-bond donors (Lipinski definition) is 3. The molecule has 2 fully saturated rings. The topological polar surface area (TPSA) is 147 Å². The van der Waals surface area contributed by atoms with Crippen LogP contribution in [0.2, 0.25) is 0 Å². The van der Waals surface area contributed by atoms with E-state index in [0.717, 1.165) is 19.3 Å². The van der Waals surface area contributed by atoms with Crippen molar-refractivity contribution < 1.29 is 18.8 Å². The zero-order valence-electron chi connectivity index (χ0n) is 16.2. The Kier molecular flexibility index (Phi) is 4.85. The van der Waals surface area contributed by atoms with Gasteiger partial charge in [0.25, 0.3) is 11.8 Å². The number of primary amides is 1. The van der Waals surface area contributed by atoms with Crippen molar-refractivity contribution in [1.82, 2.24) is 25.4 Å². The van der Waals surface area contributed by atoms with Gasteiger partial charge in [-0.25, -0.2) is 4.98 Å². The maximum atomic E-state index is 12.6. The Morgan fingerprint density at radius 3 is 2.90 bits per heavy atom. The molecule has 0 aromatic carbocycles. The zero-order valence-corrected chi connectivity index (χ0v) is 16.2. The number of likely N-dealkylation sites (tertiary alicyclic amines) is 1. The van der Waals surface area contributed by atoms with Gasteiger partial charge in [-0.2, -0.15) is 0 Å². The van der Waals surface area contributed by atoms with Crippen LogP contribution >= 0.6 is 0 Å². The molecule has 2 aliphatic rings. The number of nitrogens with two attached hydrogens (primary N) is 1. The Morgan fingerprint density at radius 2 is 2.21 bits per heavy atom. The summed E-state index contributed by atoms with van der Waals surface area (Å²) in [5, 5.41) is 9.77. The Labute approximate surface area is 167 Å². The highest BCUT2D eigenvalue weighted by Gasteiger charge is 2.50. The molecule has 10 nitrogen and oxygen atoms in total. The Hall–Kier alpha value is -3.17. The third kappa shape index (κ3) is 3.74. The van der Waals surface area contributed by atoms with Crippen LogP contribution in [0.5, 0.6) is 0 Å². The molecule has 1 aliphatic carbocycles. The first kappa shape index (κ1) is 19.2. The minimum absolute atomic E-state index is 0.0316. The molecule has 2 aromatic heterocycles. The summed E-state index contributed by atoms with van der Waals surface area (Å²) >= 11 is 0. The molecule has 1 saturated carbocycles. The largest absolute Gasteiger partial charge is 0.468 e. The van der Waals surface area contributed by atoms with Crippen molar-refractivity contribution in [3.05, 3.63) is 35.3 Å². The van der Waals surface area contributed by atoms with Crippen LogP contribution in [0, 0.1) is 5.41 Å². The van der Waals surface area contributed by atoms with Crippen LogP contribution in [-0.2, 0) is 17.6 Å². The number of furan rings is 1. The van der Waals surface area contributed by atoms with Crippen molar-refractivity contribution in [2.24, 2.45) is 11.1 Å². The molecule has 154 valence electrons. The van der Waals surface area contributed by atoms with E-state index in [1.54, 1.807) is 11.0 Å². The molecule has 3 heterocycles. The van der Waals surface area contributed by atoms with Gasteiger partial charge in [-0.3, -0.25) is 19.5 Å². The number of aryl methyl sites for hydroxylation is 1. The van der Waals surface area contributed by atoms with Crippen LogP contribution in [0.3, 0.4) is 0 Å². The zero-order chi connectivity index (χ0) is 20.6. The number of carbonyl (C=O) groups is 3. The summed E-state index contributed by atoms with van der Waals surface area (Å²) in [6.45, 7) is 3.26. The second kappa shape index (κ2) is 7.34. The number of H-pyrrole nitrogens is 1. The van der Waals surface area contributed by atoms with Crippen LogP contribution in [0.15, 0.2) is 16.7 Å². The van der Waals surface area contributed by atoms with E-state index in [4.69, 9.17) is 10.2 Å². The van der Waals surface area contributed by atoms with Crippen LogP contribution in [0.25, 0.3) is 0 Å². The summed E-state index contributed by atoms with van der Waals surface area (Å²) in [6, 6.07) is 1.57. The number of amides is 3. The number of aromatic nitrogens is 3. The van der Waals surface area contributed by atoms with Crippen molar-refractivity contribution >= 4 is 17.7 Å². The fourth-order valence-electron chi connectivity index (χ4n) is 4.32. The van der Waals surface area contributed by atoms with Crippen LogP contribution < -0.4 is 11.1 Å². The van der Waals surface area contributed by atoms with Gasteiger partial charge in [-0.15, -0.1) is 5.10 Å². The van der Waals surface area contributed by atoms with Crippen LogP contribution in [0.1, 0.15) is 58.7 Å². The molecule has 4 N–H and O–H groups in total. The van der Waals surface area contributed by atoms with Crippen molar-refractivity contribution in [2.45, 2.75) is 45.1 Å². The number of hydrogen-bond acceptors (Lipinski definition) is 6. The third-order valence-electron chi connectivity index (χ3n) is 5.80. The molecule has 1 spiro atoms. The highest BCUT2D eigenvalue weighted by atomic mass is 16.3. The van der Waals surface area contributed by atoms with Gasteiger partial charge in [0.1, 0.15) is 11.6 Å². The first-order chi connectivity index (χ1) is 13.9. The predicted octanol–water partition coefficient (Wildman–Crippen LogP) is 0.413. The van der Waals surface area contributed by atoms with Gasteiger partial charge in [-0.05, 0) is 30.7 Å². The molecule has 0 unspecified atom stereocenters. The SMILES string of the molecule is CCc1nc(C(=O)N2CCC3(CC(NC(=O)c4ccoc4CC(N)=O)C3)C2)n[nH]1. The molecule has 1 aliphatic heterocycles. The highest BCUT2D eigenvalue weighted by Crippen LogP contribution is 2.48. The average molecular weight is 400 g/mol. The maximum absolute atomic E-state index is 12.6. The van der Waals surface area contributed by atoms with Gasteiger partial charge < -0.3 is 20.4 Å². The van der Waals surface area contributed by atoms with Gasteiger partial charge in [0.05, 0.1) is 18.2 Å². The lowest BCUT2D eigenvalue weighted by Crippen LogP contribution is -2.52. The smallest absolute Gasteiger partial charge is 0.293 e. The van der Waals surface area contributed by atoms with E-state index in [9.17, 15) is 14.4 Å². The quantitative estimate of drug-likeness (QED) is 0.640. The van der Waals surface area contributed by atoms with E-state index in [1.807, 2.05) is 6.92 Å². The van der Waals surface area contributed by atoms with E-state index in [1.165, 1.54) is 6.26 Å². The monoisotopic (exact) mass is 400 g/mol. The molecule has 2 aromatic rings. The molecular weight excluding hydrogens is 376 g/mol. The lowest BCUT2D eigenvalue weighted by Gasteiger charge is -2.45. The second-order valence-electron chi connectivity index (χ2n) is 7.92. The molecule has 29 heavy (non-hydrogen) atoms. The fraction of sp³-hybridized carbons (Fsp3) is 0.526.